The van der Waals surface area contributed by atoms with Crippen LogP contribution in [0.4, 0.5) is 20.3 Å². The zero-order valence-corrected chi connectivity index (χ0v) is 7.74. The van der Waals surface area contributed by atoms with Crippen molar-refractivity contribution in [3.8, 4) is 0 Å². The minimum Gasteiger partial charge on any atom is -0.338 e. The highest BCUT2D eigenvalue weighted by molar-refractivity contribution is 5.56. The Morgan fingerprint density at radius 2 is 1.93 bits per heavy atom. The zero-order valence-electron chi connectivity index (χ0n) is 7.74. The van der Waals surface area contributed by atoms with Crippen molar-refractivity contribution in [2.45, 2.75) is 0 Å². The fourth-order valence-electron chi connectivity index (χ4n) is 1.17. The van der Waals surface area contributed by atoms with E-state index >= 15 is 0 Å². The van der Waals surface area contributed by atoms with Crippen LogP contribution in [0.2, 0.25) is 0 Å². The van der Waals surface area contributed by atoms with Gasteiger partial charge in [0, 0.05) is 12.3 Å². The van der Waals surface area contributed by atoms with E-state index in [0.717, 1.165) is 18.2 Å². The molecule has 1 aromatic carbocycles. The second-order valence-corrected chi connectivity index (χ2v) is 2.96. The molecule has 0 amide bonds. The highest BCUT2D eigenvalue weighted by Crippen LogP contribution is 2.18. The van der Waals surface area contributed by atoms with Gasteiger partial charge in [-0.15, -0.1) is 0 Å². The number of aromatic nitrogens is 1. The van der Waals surface area contributed by atoms with Crippen molar-refractivity contribution in [3.63, 3.8) is 0 Å². The molecule has 1 heterocycles. The van der Waals surface area contributed by atoms with Crippen molar-refractivity contribution < 1.29 is 8.78 Å². The average Bonchev–Trinajstić information content (AvgIpc) is 2.25. The summed E-state index contributed by atoms with van der Waals surface area (Å²) in [4.78, 5) is 3.94. The van der Waals surface area contributed by atoms with E-state index in [1.54, 1.807) is 24.4 Å². The summed E-state index contributed by atoms with van der Waals surface area (Å²) in [6.07, 6.45) is 1.57. The van der Waals surface area contributed by atoms with Crippen LogP contribution in [0.3, 0.4) is 0 Å². The SMILES string of the molecule is Fc1ccc(F)c(Nc2ccccn2)c1. The predicted octanol–water partition coefficient (Wildman–Crippen LogP) is 3.10. The highest BCUT2D eigenvalue weighted by Gasteiger charge is 2.03. The molecule has 0 fully saturated rings. The maximum atomic E-state index is 13.2. The quantitative estimate of drug-likeness (QED) is 0.816. The van der Waals surface area contributed by atoms with Crippen LogP contribution in [0, 0.1) is 11.6 Å². The lowest BCUT2D eigenvalue weighted by Crippen LogP contribution is -1.96. The number of rotatable bonds is 2. The van der Waals surface area contributed by atoms with Crippen molar-refractivity contribution in [2.24, 2.45) is 0 Å². The normalized spacial score (nSPS) is 10.0. The molecule has 0 unspecified atom stereocenters. The molecular weight excluding hydrogens is 198 g/mol. The summed E-state index contributed by atoms with van der Waals surface area (Å²) < 4.78 is 26.0. The molecule has 0 spiro atoms. The first-order valence-corrected chi connectivity index (χ1v) is 4.39. The second kappa shape index (κ2) is 4.04. The van der Waals surface area contributed by atoms with Gasteiger partial charge in [-0.3, -0.25) is 0 Å². The number of nitrogens with one attached hydrogen (secondary N) is 1. The van der Waals surface area contributed by atoms with Crippen LogP contribution in [0.15, 0.2) is 42.6 Å². The fourth-order valence-corrected chi connectivity index (χ4v) is 1.17. The molecule has 0 bridgehead atoms. The number of halogens is 2. The second-order valence-electron chi connectivity index (χ2n) is 2.96. The van der Waals surface area contributed by atoms with Crippen LogP contribution in [-0.2, 0) is 0 Å². The standard InChI is InChI=1S/C11H8F2N2/c12-8-4-5-9(13)10(7-8)15-11-3-1-2-6-14-11/h1-7H,(H,14,15). The fraction of sp³-hybridized carbons (Fsp3) is 0. The minimum atomic E-state index is -0.512. The van der Waals surface area contributed by atoms with E-state index in [9.17, 15) is 8.78 Å². The molecule has 76 valence electrons. The lowest BCUT2D eigenvalue weighted by molar-refractivity contribution is 0.603. The van der Waals surface area contributed by atoms with Gasteiger partial charge in [0.05, 0.1) is 5.69 Å². The molecule has 2 nitrogen and oxygen atoms in total. The summed E-state index contributed by atoms with van der Waals surface area (Å²) in [6, 6.07) is 8.40. The highest BCUT2D eigenvalue weighted by atomic mass is 19.1. The van der Waals surface area contributed by atoms with Gasteiger partial charge in [0.1, 0.15) is 17.5 Å². The Hall–Kier alpha value is -1.97. The van der Waals surface area contributed by atoms with Gasteiger partial charge in [-0.25, -0.2) is 13.8 Å². The van der Waals surface area contributed by atoms with E-state index in [2.05, 4.69) is 10.3 Å². The molecule has 0 saturated heterocycles. The Morgan fingerprint density at radius 3 is 2.67 bits per heavy atom. The average molecular weight is 206 g/mol. The molecule has 15 heavy (non-hydrogen) atoms. The van der Waals surface area contributed by atoms with E-state index in [1.165, 1.54) is 0 Å². The Labute approximate surface area is 85.6 Å². The topological polar surface area (TPSA) is 24.9 Å². The molecule has 1 N–H and O–H groups in total. The number of hydrogen-bond acceptors (Lipinski definition) is 2. The van der Waals surface area contributed by atoms with Crippen LogP contribution >= 0.6 is 0 Å². The Kier molecular flexibility index (Phi) is 2.58. The zero-order chi connectivity index (χ0) is 10.7. The third-order valence-corrected chi connectivity index (χ3v) is 1.86. The van der Waals surface area contributed by atoms with Crippen LogP contribution < -0.4 is 5.32 Å². The number of benzene rings is 1. The number of anilines is 2. The largest absolute Gasteiger partial charge is 0.338 e. The van der Waals surface area contributed by atoms with Crippen molar-refractivity contribution >= 4 is 11.5 Å². The van der Waals surface area contributed by atoms with Gasteiger partial charge in [-0.05, 0) is 24.3 Å². The third kappa shape index (κ3) is 2.28. The summed E-state index contributed by atoms with van der Waals surface area (Å²) in [5.74, 6) is -0.529. The maximum Gasteiger partial charge on any atom is 0.146 e. The van der Waals surface area contributed by atoms with Gasteiger partial charge < -0.3 is 5.32 Å². The summed E-state index contributed by atoms with van der Waals surface area (Å²) in [7, 11) is 0. The molecule has 2 aromatic rings. The third-order valence-electron chi connectivity index (χ3n) is 1.86. The van der Waals surface area contributed by atoms with Crippen LogP contribution in [0.1, 0.15) is 0 Å². The number of hydrogen-bond donors (Lipinski definition) is 1. The lowest BCUT2D eigenvalue weighted by atomic mass is 10.3. The summed E-state index contributed by atoms with van der Waals surface area (Å²) in [6.45, 7) is 0. The van der Waals surface area contributed by atoms with E-state index in [1.807, 2.05) is 0 Å². The Bertz CT molecular complexity index is 457. The molecule has 0 aliphatic rings. The van der Waals surface area contributed by atoms with Crippen LogP contribution in [-0.4, -0.2) is 4.98 Å². The van der Waals surface area contributed by atoms with Gasteiger partial charge in [-0.1, -0.05) is 6.07 Å². The lowest BCUT2D eigenvalue weighted by Gasteiger charge is -2.05. The number of pyridine rings is 1. The monoisotopic (exact) mass is 206 g/mol. The van der Waals surface area contributed by atoms with Gasteiger partial charge in [0.2, 0.25) is 0 Å². The van der Waals surface area contributed by atoms with E-state index in [-0.39, 0.29) is 5.69 Å². The van der Waals surface area contributed by atoms with Crippen molar-refractivity contribution in [3.05, 3.63) is 54.2 Å². The first-order chi connectivity index (χ1) is 7.25. The first-order valence-electron chi connectivity index (χ1n) is 4.39. The van der Waals surface area contributed by atoms with Gasteiger partial charge in [-0.2, -0.15) is 0 Å². The molecule has 0 aliphatic carbocycles. The van der Waals surface area contributed by atoms with E-state index < -0.39 is 11.6 Å². The van der Waals surface area contributed by atoms with E-state index in [0.29, 0.717) is 5.82 Å². The first kappa shape index (κ1) is 9.58. The molecule has 0 aliphatic heterocycles. The van der Waals surface area contributed by atoms with Gasteiger partial charge in [0.25, 0.3) is 0 Å². The molecule has 0 atom stereocenters. The Morgan fingerprint density at radius 1 is 1.07 bits per heavy atom. The van der Waals surface area contributed by atoms with Crippen LogP contribution in [0.25, 0.3) is 0 Å². The van der Waals surface area contributed by atoms with Crippen LogP contribution in [0.5, 0.6) is 0 Å². The number of nitrogens with zero attached hydrogens (tertiary/aromatic N) is 1. The molecule has 4 heteroatoms. The van der Waals surface area contributed by atoms with E-state index in [4.69, 9.17) is 0 Å². The summed E-state index contributed by atoms with van der Waals surface area (Å²) in [5, 5.41) is 2.69. The van der Waals surface area contributed by atoms with Crippen molar-refractivity contribution in [1.29, 1.82) is 0 Å². The van der Waals surface area contributed by atoms with Gasteiger partial charge in [0.15, 0.2) is 0 Å². The molecule has 1 aromatic heterocycles. The molecule has 0 radical (unpaired) electrons. The van der Waals surface area contributed by atoms with Crippen molar-refractivity contribution in [2.75, 3.05) is 5.32 Å². The molecule has 0 saturated carbocycles. The van der Waals surface area contributed by atoms with Crippen molar-refractivity contribution in [1.82, 2.24) is 4.98 Å². The predicted molar refractivity (Wildman–Crippen MR) is 53.9 cm³/mol. The minimum absolute atomic E-state index is 0.0775. The summed E-state index contributed by atoms with van der Waals surface area (Å²) >= 11 is 0. The molecular formula is C11H8F2N2. The molecule has 2 rings (SSSR count). The Balaban J connectivity index is 2.28. The maximum absolute atomic E-state index is 13.2. The summed E-state index contributed by atoms with van der Waals surface area (Å²) in [5.41, 5.74) is 0.0775. The van der Waals surface area contributed by atoms with Gasteiger partial charge >= 0.3 is 0 Å². The smallest absolute Gasteiger partial charge is 0.146 e.